The van der Waals surface area contributed by atoms with E-state index >= 15 is 0 Å². The molecule has 0 saturated heterocycles. The second-order valence-electron chi connectivity index (χ2n) is 5.24. The maximum Gasteiger partial charge on any atom is 0.272 e. The molecule has 0 amide bonds. The minimum Gasteiger partial charge on any atom is -0.385 e. The van der Waals surface area contributed by atoms with Crippen LogP contribution in [0.15, 0.2) is 24.3 Å². The molecule has 4 nitrogen and oxygen atoms in total. The molecule has 0 spiro atoms. The lowest BCUT2D eigenvalue weighted by Crippen LogP contribution is -2.16. The van der Waals surface area contributed by atoms with Crippen LogP contribution in [-0.2, 0) is 0 Å². The van der Waals surface area contributed by atoms with Gasteiger partial charge in [0.05, 0.1) is 4.92 Å². The highest BCUT2D eigenvalue weighted by Crippen LogP contribution is 2.27. The van der Waals surface area contributed by atoms with E-state index in [1.807, 2.05) is 13.0 Å². The first-order valence-corrected chi connectivity index (χ1v) is 6.72. The lowest BCUT2D eigenvalue weighted by Gasteiger charge is -2.20. The molecule has 0 fully saturated rings. The zero-order valence-corrected chi connectivity index (χ0v) is 11.5. The topological polar surface area (TPSA) is 55.2 Å². The molecule has 1 N–H and O–H groups in total. The third-order valence-corrected chi connectivity index (χ3v) is 3.70. The van der Waals surface area contributed by atoms with Gasteiger partial charge in [-0.05, 0) is 50.7 Å². The van der Waals surface area contributed by atoms with E-state index in [1.165, 1.54) is 6.42 Å². The third-order valence-electron chi connectivity index (χ3n) is 3.70. The fourth-order valence-electron chi connectivity index (χ4n) is 2.48. The van der Waals surface area contributed by atoms with Crippen molar-refractivity contribution >= 4 is 11.4 Å². The quantitative estimate of drug-likeness (QED) is 0.506. The first kappa shape index (κ1) is 13.6. The smallest absolute Gasteiger partial charge is 0.272 e. The van der Waals surface area contributed by atoms with E-state index < -0.39 is 0 Å². The standard InChI is InChI=1S/C15H20N2O2/c1-11-9-15(17(18)19)12(2)8-14(11)16-10-13-6-4-3-5-7-13/h3-4,8-9,13,16H,5-7,10H2,1-2H3. The summed E-state index contributed by atoms with van der Waals surface area (Å²) in [6, 6.07) is 3.53. The van der Waals surface area contributed by atoms with E-state index in [9.17, 15) is 10.1 Å². The van der Waals surface area contributed by atoms with Crippen LogP contribution in [0.4, 0.5) is 11.4 Å². The van der Waals surface area contributed by atoms with E-state index in [2.05, 4.69) is 17.5 Å². The predicted octanol–water partition coefficient (Wildman–Crippen LogP) is 3.98. The number of nitrogens with zero attached hydrogens (tertiary/aromatic N) is 1. The van der Waals surface area contributed by atoms with E-state index in [-0.39, 0.29) is 10.6 Å². The first-order valence-electron chi connectivity index (χ1n) is 6.72. The van der Waals surface area contributed by atoms with E-state index in [1.54, 1.807) is 13.0 Å². The van der Waals surface area contributed by atoms with Gasteiger partial charge in [0.15, 0.2) is 0 Å². The molecule has 0 saturated carbocycles. The van der Waals surface area contributed by atoms with Gasteiger partial charge in [0.1, 0.15) is 0 Å². The summed E-state index contributed by atoms with van der Waals surface area (Å²) in [4.78, 5) is 10.5. The van der Waals surface area contributed by atoms with Crippen molar-refractivity contribution in [3.05, 3.63) is 45.5 Å². The van der Waals surface area contributed by atoms with Crippen LogP contribution < -0.4 is 5.32 Å². The maximum atomic E-state index is 10.9. The predicted molar refractivity (Wildman–Crippen MR) is 77.5 cm³/mol. The average molecular weight is 260 g/mol. The summed E-state index contributed by atoms with van der Waals surface area (Å²) in [7, 11) is 0. The van der Waals surface area contributed by atoms with Crippen molar-refractivity contribution in [1.82, 2.24) is 0 Å². The van der Waals surface area contributed by atoms with Crippen LogP contribution in [0.25, 0.3) is 0 Å². The third kappa shape index (κ3) is 3.34. The Balaban J connectivity index is 2.06. The van der Waals surface area contributed by atoms with E-state index in [4.69, 9.17) is 0 Å². The lowest BCUT2D eigenvalue weighted by atomic mass is 9.94. The van der Waals surface area contributed by atoms with Gasteiger partial charge < -0.3 is 5.32 Å². The fraction of sp³-hybridized carbons (Fsp3) is 0.467. The van der Waals surface area contributed by atoms with Gasteiger partial charge in [-0.2, -0.15) is 0 Å². The molecule has 0 radical (unpaired) electrons. The monoisotopic (exact) mass is 260 g/mol. The number of rotatable bonds is 4. The Morgan fingerprint density at radius 3 is 2.74 bits per heavy atom. The Morgan fingerprint density at radius 1 is 1.32 bits per heavy atom. The first-order chi connectivity index (χ1) is 9.08. The molecule has 1 aliphatic rings. The number of nitro groups is 1. The summed E-state index contributed by atoms with van der Waals surface area (Å²) in [6.07, 6.45) is 7.97. The molecular formula is C15H20N2O2. The number of benzene rings is 1. The summed E-state index contributed by atoms with van der Waals surface area (Å²) >= 11 is 0. The minimum atomic E-state index is -0.321. The van der Waals surface area contributed by atoms with Crippen LogP contribution in [-0.4, -0.2) is 11.5 Å². The minimum absolute atomic E-state index is 0.198. The lowest BCUT2D eigenvalue weighted by molar-refractivity contribution is -0.385. The maximum absolute atomic E-state index is 10.9. The van der Waals surface area contributed by atoms with Crippen molar-refractivity contribution < 1.29 is 4.92 Å². The molecule has 4 heteroatoms. The Hall–Kier alpha value is -1.84. The summed E-state index contributed by atoms with van der Waals surface area (Å²) < 4.78 is 0. The summed E-state index contributed by atoms with van der Waals surface area (Å²) in [5.41, 5.74) is 2.85. The number of nitro benzene ring substituents is 1. The van der Waals surface area contributed by atoms with Gasteiger partial charge >= 0.3 is 0 Å². The zero-order valence-electron chi connectivity index (χ0n) is 11.5. The molecule has 2 rings (SSSR count). The molecule has 19 heavy (non-hydrogen) atoms. The van der Waals surface area contributed by atoms with Crippen molar-refractivity contribution in [3.8, 4) is 0 Å². The Morgan fingerprint density at radius 2 is 2.11 bits per heavy atom. The summed E-state index contributed by atoms with van der Waals surface area (Å²) in [5.74, 6) is 0.667. The van der Waals surface area contributed by atoms with Gasteiger partial charge in [0.2, 0.25) is 0 Å². The second-order valence-corrected chi connectivity index (χ2v) is 5.24. The van der Waals surface area contributed by atoms with Crippen molar-refractivity contribution in [1.29, 1.82) is 0 Å². The van der Waals surface area contributed by atoms with Gasteiger partial charge in [-0.3, -0.25) is 10.1 Å². The molecule has 0 aromatic heterocycles. The van der Waals surface area contributed by atoms with Gasteiger partial charge in [-0.25, -0.2) is 0 Å². The number of aryl methyl sites for hydroxylation is 2. The molecule has 0 aliphatic heterocycles. The number of allylic oxidation sites excluding steroid dienone is 2. The van der Waals surface area contributed by atoms with Gasteiger partial charge in [0, 0.05) is 23.9 Å². The average Bonchev–Trinajstić information content (AvgIpc) is 2.40. The highest BCUT2D eigenvalue weighted by Gasteiger charge is 2.14. The number of nitrogens with one attached hydrogen (secondary N) is 1. The number of anilines is 1. The van der Waals surface area contributed by atoms with Crippen LogP contribution in [0.5, 0.6) is 0 Å². The Bertz CT molecular complexity index is 509. The molecular weight excluding hydrogens is 240 g/mol. The van der Waals surface area contributed by atoms with Crippen molar-refractivity contribution in [2.24, 2.45) is 5.92 Å². The summed E-state index contributed by atoms with van der Waals surface area (Å²) in [6.45, 7) is 4.63. The highest BCUT2D eigenvalue weighted by molar-refractivity contribution is 5.59. The number of hydrogen-bond donors (Lipinski definition) is 1. The van der Waals surface area contributed by atoms with E-state index in [0.29, 0.717) is 11.5 Å². The van der Waals surface area contributed by atoms with Crippen LogP contribution >= 0.6 is 0 Å². The van der Waals surface area contributed by atoms with Gasteiger partial charge in [-0.15, -0.1) is 0 Å². The molecule has 1 aromatic carbocycles. The molecule has 102 valence electrons. The number of hydrogen-bond acceptors (Lipinski definition) is 3. The summed E-state index contributed by atoms with van der Waals surface area (Å²) in [5, 5.41) is 14.3. The van der Waals surface area contributed by atoms with Crippen LogP contribution in [0.1, 0.15) is 30.4 Å². The normalized spacial score (nSPS) is 18.3. The highest BCUT2D eigenvalue weighted by atomic mass is 16.6. The van der Waals surface area contributed by atoms with Crippen LogP contribution in [0, 0.1) is 29.9 Å². The van der Waals surface area contributed by atoms with Gasteiger partial charge in [0.25, 0.3) is 5.69 Å². The fourth-order valence-corrected chi connectivity index (χ4v) is 2.48. The zero-order chi connectivity index (χ0) is 13.8. The second kappa shape index (κ2) is 5.87. The Labute approximate surface area is 113 Å². The van der Waals surface area contributed by atoms with Crippen LogP contribution in [0.2, 0.25) is 0 Å². The Kier molecular flexibility index (Phi) is 4.20. The largest absolute Gasteiger partial charge is 0.385 e. The molecule has 0 heterocycles. The SMILES string of the molecule is Cc1cc([N+](=O)[O-])c(C)cc1NCC1CC=CCC1. The van der Waals surface area contributed by atoms with E-state index in [0.717, 1.165) is 30.6 Å². The molecule has 1 aromatic rings. The van der Waals surface area contributed by atoms with Gasteiger partial charge in [-0.1, -0.05) is 12.2 Å². The van der Waals surface area contributed by atoms with Crippen molar-refractivity contribution in [3.63, 3.8) is 0 Å². The molecule has 1 aliphatic carbocycles. The molecule has 1 unspecified atom stereocenters. The van der Waals surface area contributed by atoms with Crippen molar-refractivity contribution in [2.75, 3.05) is 11.9 Å². The molecule has 1 atom stereocenters. The molecule has 0 bridgehead atoms. The van der Waals surface area contributed by atoms with Crippen LogP contribution in [0.3, 0.4) is 0 Å². The van der Waals surface area contributed by atoms with Crippen molar-refractivity contribution in [2.45, 2.75) is 33.1 Å².